The molecule has 0 saturated carbocycles. The van der Waals surface area contributed by atoms with Crippen LogP contribution in [0.4, 0.5) is 26.3 Å². The van der Waals surface area contributed by atoms with Crippen molar-refractivity contribution < 1.29 is 26.3 Å². The van der Waals surface area contributed by atoms with E-state index in [-0.39, 0.29) is 18.2 Å². The van der Waals surface area contributed by atoms with Gasteiger partial charge in [-0.15, -0.1) is 5.10 Å². The Bertz CT molecular complexity index is 1550. The molecule has 2 heterocycles. The van der Waals surface area contributed by atoms with Gasteiger partial charge in [0.1, 0.15) is 5.69 Å². The summed E-state index contributed by atoms with van der Waals surface area (Å²) in [4.78, 5) is 4.46. The fourth-order valence-electron chi connectivity index (χ4n) is 4.62. The number of rotatable bonds is 6. The zero-order valence-electron chi connectivity index (χ0n) is 21.0. The third kappa shape index (κ3) is 5.84. The van der Waals surface area contributed by atoms with Crippen molar-refractivity contribution in [2.75, 3.05) is 0 Å². The highest BCUT2D eigenvalue weighted by Crippen LogP contribution is 2.37. The second kappa shape index (κ2) is 10.6. The van der Waals surface area contributed by atoms with Crippen molar-refractivity contribution in [3.63, 3.8) is 0 Å². The molecule has 4 aromatic rings. The van der Waals surface area contributed by atoms with E-state index in [4.69, 9.17) is 11.6 Å². The van der Waals surface area contributed by atoms with Crippen LogP contribution in [0.15, 0.2) is 83.7 Å². The van der Waals surface area contributed by atoms with Gasteiger partial charge in [0.05, 0.1) is 24.2 Å². The summed E-state index contributed by atoms with van der Waals surface area (Å²) in [7, 11) is 0. The maximum atomic E-state index is 13.5. The van der Waals surface area contributed by atoms with Gasteiger partial charge >= 0.3 is 12.4 Å². The van der Waals surface area contributed by atoms with Crippen molar-refractivity contribution in [1.29, 1.82) is 0 Å². The lowest BCUT2D eigenvalue weighted by atomic mass is 9.97. The summed E-state index contributed by atoms with van der Waals surface area (Å²) in [5, 5.41) is 9.05. The number of halogens is 7. The fourth-order valence-corrected chi connectivity index (χ4v) is 4.83. The summed E-state index contributed by atoms with van der Waals surface area (Å²) < 4.78 is 83.9. The monoisotopic (exact) mass is 577 g/mol. The smallest absolute Gasteiger partial charge is 0.325 e. The molecular weight excluding hydrogens is 556 g/mol. The second-order valence-electron chi connectivity index (χ2n) is 9.56. The van der Waals surface area contributed by atoms with E-state index in [1.165, 1.54) is 4.68 Å². The Hall–Kier alpha value is -3.86. The van der Waals surface area contributed by atoms with Crippen LogP contribution in [0.25, 0.3) is 22.8 Å². The minimum absolute atomic E-state index is 0.103. The van der Waals surface area contributed by atoms with Crippen LogP contribution in [-0.2, 0) is 25.4 Å². The van der Waals surface area contributed by atoms with Crippen LogP contribution in [0.2, 0.25) is 0 Å². The lowest BCUT2D eigenvalue weighted by Crippen LogP contribution is -2.13. The fraction of sp³-hybridized carbons (Fsp3) is 0.250. The van der Waals surface area contributed by atoms with E-state index in [1.807, 2.05) is 10.6 Å². The number of alkyl halides is 6. The average Bonchev–Trinajstić information content (AvgIpc) is 3.52. The molecule has 208 valence electrons. The molecule has 0 fully saturated rings. The molecule has 1 unspecified atom stereocenters. The van der Waals surface area contributed by atoms with Crippen molar-refractivity contribution in [3.8, 4) is 22.8 Å². The Morgan fingerprint density at radius 2 is 1.62 bits per heavy atom. The number of hydrogen-bond donors (Lipinski definition) is 0. The van der Waals surface area contributed by atoms with E-state index in [1.54, 1.807) is 42.7 Å². The maximum Gasteiger partial charge on any atom is 0.416 e. The number of aromatic nitrogens is 5. The van der Waals surface area contributed by atoms with Gasteiger partial charge in [0.15, 0.2) is 11.5 Å². The molecule has 2 aromatic carbocycles. The van der Waals surface area contributed by atoms with E-state index in [0.29, 0.717) is 52.4 Å². The number of nitrogens with zero attached hydrogens (tertiary/aromatic N) is 5. The molecule has 2 aromatic heterocycles. The minimum Gasteiger partial charge on any atom is -0.325 e. The number of benzene rings is 2. The molecular formula is C28H22ClF6N5. The SMILES string of the molecule is CC1C=C(Cn2ccnc2-c2nnn(Cc3cc(C(F)(F)F)cc(C(F)(F)F)c3)c2-c2ccccc2)C(Cl)=CC1. The number of imidazole rings is 1. The van der Waals surface area contributed by atoms with Crippen molar-refractivity contribution in [2.45, 2.75) is 38.8 Å². The molecule has 0 bridgehead atoms. The summed E-state index contributed by atoms with van der Waals surface area (Å²) in [6, 6.07) is 10.3. The quantitative estimate of drug-likeness (QED) is 0.218. The molecule has 12 heteroatoms. The first-order valence-electron chi connectivity index (χ1n) is 12.3. The maximum absolute atomic E-state index is 13.5. The van der Waals surface area contributed by atoms with Crippen LogP contribution < -0.4 is 0 Å². The molecule has 0 aliphatic heterocycles. The molecule has 0 radical (unpaired) electrons. The average molecular weight is 578 g/mol. The Balaban J connectivity index is 1.59. The Labute approximate surface area is 230 Å². The lowest BCUT2D eigenvalue weighted by Gasteiger charge is -2.17. The molecule has 1 atom stereocenters. The Kier molecular flexibility index (Phi) is 7.34. The molecule has 0 amide bonds. The topological polar surface area (TPSA) is 48.5 Å². The van der Waals surface area contributed by atoms with Crippen molar-refractivity contribution in [2.24, 2.45) is 5.92 Å². The summed E-state index contributed by atoms with van der Waals surface area (Å²) in [6.45, 7) is 2.08. The van der Waals surface area contributed by atoms with Gasteiger partial charge in [-0.05, 0) is 41.7 Å². The Morgan fingerprint density at radius 1 is 0.950 bits per heavy atom. The largest absolute Gasteiger partial charge is 0.416 e. The van der Waals surface area contributed by atoms with Crippen molar-refractivity contribution in [1.82, 2.24) is 24.5 Å². The summed E-state index contributed by atoms with van der Waals surface area (Å²) >= 11 is 6.44. The molecule has 5 nitrogen and oxygen atoms in total. The summed E-state index contributed by atoms with van der Waals surface area (Å²) in [6.07, 6.45) is -1.74. The first kappa shape index (κ1) is 27.7. The van der Waals surface area contributed by atoms with Gasteiger partial charge in [-0.25, -0.2) is 9.67 Å². The Morgan fingerprint density at radius 3 is 2.27 bits per heavy atom. The van der Waals surface area contributed by atoms with E-state index in [2.05, 4.69) is 28.3 Å². The van der Waals surface area contributed by atoms with Crippen LogP contribution in [0.5, 0.6) is 0 Å². The van der Waals surface area contributed by atoms with Crippen LogP contribution in [0, 0.1) is 5.92 Å². The lowest BCUT2D eigenvalue weighted by molar-refractivity contribution is -0.143. The molecule has 1 aliphatic rings. The van der Waals surface area contributed by atoms with Crippen LogP contribution >= 0.6 is 11.6 Å². The summed E-state index contributed by atoms with van der Waals surface area (Å²) in [5.41, 5.74) is -0.780. The van der Waals surface area contributed by atoms with Crippen LogP contribution in [-0.4, -0.2) is 24.5 Å². The first-order valence-corrected chi connectivity index (χ1v) is 12.6. The minimum atomic E-state index is -4.96. The molecule has 5 rings (SSSR count). The highest BCUT2D eigenvalue weighted by atomic mass is 35.5. The zero-order valence-corrected chi connectivity index (χ0v) is 21.8. The van der Waals surface area contributed by atoms with Gasteiger partial charge < -0.3 is 4.57 Å². The summed E-state index contributed by atoms with van der Waals surface area (Å²) in [5.74, 6) is 0.730. The molecule has 0 saturated heterocycles. The third-order valence-corrected chi connectivity index (χ3v) is 6.89. The molecule has 0 spiro atoms. The van der Waals surface area contributed by atoms with Gasteiger partial charge in [-0.3, -0.25) is 0 Å². The van der Waals surface area contributed by atoms with Crippen molar-refractivity contribution in [3.05, 3.63) is 100 Å². The highest BCUT2D eigenvalue weighted by Gasteiger charge is 2.37. The van der Waals surface area contributed by atoms with Crippen LogP contribution in [0.3, 0.4) is 0 Å². The molecule has 0 N–H and O–H groups in total. The van der Waals surface area contributed by atoms with Crippen LogP contribution in [0.1, 0.15) is 30.0 Å². The normalized spacial score (nSPS) is 16.1. The molecule has 1 aliphatic carbocycles. The predicted molar refractivity (Wildman–Crippen MR) is 138 cm³/mol. The third-order valence-electron chi connectivity index (χ3n) is 6.49. The van der Waals surface area contributed by atoms with Crippen molar-refractivity contribution >= 4 is 11.6 Å². The van der Waals surface area contributed by atoms with Gasteiger partial charge in [-0.1, -0.05) is 66.2 Å². The van der Waals surface area contributed by atoms with Gasteiger partial charge in [0.2, 0.25) is 0 Å². The number of hydrogen-bond acceptors (Lipinski definition) is 3. The predicted octanol–water partition coefficient (Wildman–Crippen LogP) is 7.98. The number of allylic oxidation sites excluding steroid dienone is 4. The van der Waals surface area contributed by atoms with Gasteiger partial charge in [0.25, 0.3) is 0 Å². The standard InChI is InChI=1S/C28H22ClF6N5/c1-17-7-8-23(29)20(11-17)16-39-10-9-36-26(39)24-25(19-5-3-2-4-6-19)40(38-37-24)15-18-12-21(27(30,31)32)14-22(13-18)28(33,34)35/h2-6,8-14,17H,7,15-16H2,1H3. The van der Waals surface area contributed by atoms with E-state index < -0.39 is 23.5 Å². The van der Waals surface area contributed by atoms with Gasteiger partial charge in [0, 0.05) is 23.0 Å². The zero-order chi connectivity index (χ0) is 28.7. The van der Waals surface area contributed by atoms with Gasteiger partial charge in [-0.2, -0.15) is 26.3 Å². The first-order chi connectivity index (χ1) is 18.9. The second-order valence-corrected chi connectivity index (χ2v) is 9.97. The molecule has 40 heavy (non-hydrogen) atoms. The van der Waals surface area contributed by atoms with E-state index >= 15 is 0 Å². The highest BCUT2D eigenvalue weighted by molar-refractivity contribution is 6.32. The van der Waals surface area contributed by atoms with E-state index in [9.17, 15) is 26.3 Å². The van der Waals surface area contributed by atoms with E-state index in [0.717, 1.165) is 12.0 Å².